The number of rotatable bonds is 4. The summed E-state index contributed by atoms with van der Waals surface area (Å²) in [6.45, 7) is 3.53. The Morgan fingerprint density at radius 1 is 1.18 bits per heavy atom. The number of nitrogen functional groups attached to an aromatic ring is 1. The van der Waals surface area contributed by atoms with Gasteiger partial charge in [0.1, 0.15) is 11.8 Å². The average Bonchev–Trinajstić information content (AvgIpc) is 3.27. The molecule has 0 radical (unpaired) electrons. The number of fused-ring (bicyclic) bond motifs is 4. The second-order valence-electron chi connectivity index (χ2n) is 11.2. The van der Waals surface area contributed by atoms with Gasteiger partial charge in [0.05, 0.1) is 34.2 Å². The van der Waals surface area contributed by atoms with Crippen LogP contribution in [0, 0.1) is 30.1 Å². The summed E-state index contributed by atoms with van der Waals surface area (Å²) in [6, 6.07) is 9.10. The first-order chi connectivity index (χ1) is 18.6. The highest BCUT2D eigenvalue weighted by Gasteiger charge is 2.65. The van der Waals surface area contributed by atoms with Gasteiger partial charge >= 0.3 is 0 Å². The van der Waals surface area contributed by atoms with E-state index in [4.69, 9.17) is 26.6 Å². The molecule has 1 saturated carbocycles. The Morgan fingerprint density at radius 2 is 1.90 bits per heavy atom. The molecule has 202 valence electrons. The highest BCUT2D eigenvalue weighted by atomic mass is 35.5. The quantitative estimate of drug-likeness (QED) is 0.375. The topological polar surface area (TPSA) is 129 Å². The molecule has 5 unspecified atom stereocenters. The van der Waals surface area contributed by atoms with Gasteiger partial charge in [-0.3, -0.25) is 19.3 Å². The molecule has 39 heavy (non-hydrogen) atoms. The summed E-state index contributed by atoms with van der Waals surface area (Å²) in [5.74, 6) is -2.35. The maximum Gasteiger partial charge on any atom is 0.182 e. The Balaban J connectivity index is 1.45. The van der Waals surface area contributed by atoms with Gasteiger partial charge in [0.2, 0.25) is 0 Å². The van der Waals surface area contributed by atoms with Crippen molar-refractivity contribution in [1.82, 2.24) is 15.0 Å². The molecule has 0 amide bonds. The molecule has 10 heteroatoms. The van der Waals surface area contributed by atoms with Crippen LogP contribution in [0.3, 0.4) is 0 Å². The fourth-order valence-corrected chi connectivity index (χ4v) is 7.17. The number of Topliss-reactive ketones (excluding diaryl/α,β-unsaturated/α-hetero) is 3. The van der Waals surface area contributed by atoms with E-state index in [0.29, 0.717) is 35.4 Å². The van der Waals surface area contributed by atoms with Crippen LogP contribution in [-0.4, -0.2) is 46.5 Å². The zero-order valence-electron chi connectivity index (χ0n) is 22.2. The van der Waals surface area contributed by atoms with E-state index >= 15 is 0 Å². The maximum atomic E-state index is 14.4. The van der Waals surface area contributed by atoms with E-state index in [-0.39, 0.29) is 52.4 Å². The first-order valence-electron chi connectivity index (χ1n) is 13.0. The van der Waals surface area contributed by atoms with E-state index in [9.17, 15) is 14.4 Å². The smallest absolute Gasteiger partial charge is 0.182 e. The highest BCUT2D eigenvalue weighted by molar-refractivity contribution is 6.32. The Kier molecular flexibility index (Phi) is 5.93. The number of pyridine rings is 1. The summed E-state index contributed by atoms with van der Waals surface area (Å²) in [5, 5.41) is 4.18. The molecule has 3 aliphatic rings. The number of aryl methyl sites for hydroxylation is 1. The number of benzene rings is 1. The number of hydrogen-bond acceptors (Lipinski definition) is 9. The lowest BCUT2D eigenvalue weighted by Crippen LogP contribution is -2.60. The molecule has 6 rings (SSSR count). The molecule has 9 nitrogen and oxygen atoms in total. The van der Waals surface area contributed by atoms with Crippen LogP contribution in [0.2, 0.25) is 5.15 Å². The third-order valence-corrected chi connectivity index (χ3v) is 9.12. The van der Waals surface area contributed by atoms with E-state index in [0.717, 1.165) is 5.56 Å². The van der Waals surface area contributed by atoms with Crippen LogP contribution in [0.15, 0.2) is 34.9 Å². The molecule has 2 N–H and O–H groups in total. The third-order valence-electron chi connectivity index (χ3n) is 8.81. The van der Waals surface area contributed by atoms with Crippen molar-refractivity contribution in [2.45, 2.75) is 39.3 Å². The van der Waals surface area contributed by atoms with Crippen LogP contribution >= 0.6 is 11.6 Å². The van der Waals surface area contributed by atoms with Crippen molar-refractivity contribution in [3.63, 3.8) is 0 Å². The second-order valence-corrected chi connectivity index (χ2v) is 11.6. The van der Waals surface area contributed by atoms with Crippen molar-refractivity contribution in [3.8, 4) is 5.75 Å². The number of halogens is 1. The summed E-state index contributed by atoms with van der Waals surface area (Å²) in [4.78, 5) is 48.8. The zero-order valence-corrected chi connectivity index (χ0v) is 22.9. The van der Waals surface area contributed by atoms with Crippen molar-refractivity contribution in [1.29, 1.82) is 0 Å². The lowest BCUT2D eigenvalue weighted by molar-refractivity contribution is -0.140. The number of ketones is 3. The van der Waals surface area contributed by atoms with Crippen molar-refractivity contribution < 1.29 is 23.6 Å². The monoisotopic (exact) mass is 548 g/mol. The number of ether oxygens (including phenoxy) is 1. The van der Waals surface area contributed by atoms with Crippen molar-refractivity contribution in [3.05, 3.63) is 69.2 Å². The Labute approximate surface area is 230 Å². The lowest BCUT2D eigenvalue weighted by Gasteiger charge is -2.52. The number of carbonyl (C=O) groups excluding carboxylic acids is 3. The van der Waals surface area contributed by atoms with Crippen LogP contribution in [-0.2, 0) is 17.8 Å². The normalized spacial score (nSPS) is 27.6. The minimum Gasteiger partial charge on any atom is -0.484 e. The zero-order chi connectivity index (χ0) is 27.8. The summed E-state index contributed by atoms with van der Waals surface area (Å²) in [6.07, 6.45) is 0.793. The van der Waals surface area contributed by atoms with Gasteiger partial charge in [0.15, 0.2) is 34.7 Å². The van der Waals surface area contributed by atoms with Crippen LogP contribution in [0.25, 0.3) is 0 Å². The Morgan fingerprint density at radius 3 is 2.59 bits per heavy atom. The number of hydrogen-bond donors (Lipinski definition) is 1. The number of anilines is 1. The first kappa shape index (κ1) is 25.7. The molecular weight excluding hydrogens is 520 g/mol. The number of aromatic nitrogens is 2. The second kappa shape index (κ2) is 8.99. The van der Waals surface area contributed by atoms with E-state index in [1.165, 1.54) is 0 Å². The summed E-state index contributed by atoms with van der Waals surface area (Å²) in [7, 11) is 3.78. The molecular formula is C29H29ClN4O5. The standard InChI is InChI=1S/C29H29ClN4O5/c1-13-18-23(39-33-13)21(34(3)4)17-11-15-10-16-20(22(35)19(15)26(37)29(17,2)25(18)36)24(28(31)32-27(16)30)38-12-14-8-6-5-7-9-14/h5-9,15,17,19,21H,10-12H2,1-4H3,(H2,31,32). The van der Waals surface area contributed by atoms with E-state index in [1.54, 1.807) is 13.8 Å². The lowest BCUT2D eigenvalue weighted by atomic mass is 9.50. The predicted octanol–water partition coefficient (Wildman–Crippen LogP) is 4.26. The molecule has 3 aliphatic carbocycles. The van der Waals surface area contributed by atoms with Gasteiger partial charge in [0.25, 0.3) is 0 Å². The van der Waals surface area contributed by atoms with Gasteiger partial charge in [-0.15, -0.1) is 0 Å². The summed E-state index contributed by atoms with van der Waals surface area (Å²) in [5.41, 5.74) is 7.17. The molecule has 1 aromatic carbocycles. The molecule has 3 aromatic rings. The molecule has 2 heterocycles. The molecule has 5 atom stereocenters. The number of nitrogens with two attached hydrogens (primary N) is 1. The minimum absolute atomic E-state index is 0.0139. The first-order valence-corrected chi connectivity index (χ1v) is 13.3. The molecule has 0 saturated heterocycles. The SMILES string of the molecule is Cc1noc2c1C(=O)C1(C)C(=O)C3C(=O)c4c(c(Cl)nc(N)c4OCc4ccccc4)CC3CC1C2N(C)C. The Hall–Kier alpha value is -3.56. The fourth-order valence-electron chi connectivity index (χ4n) is 6.91. The van der Waals surface area contributed by atoms with Gasteiger partial charge in [0, 0.05) is 11.5 Å². The number of nitrogens with zero attached hydrogens (tertiary/aromatic N) is 3. The summed E-state index contributed by atoms with van der Waals surface area (Å²) < 4.78 is 11.7. The fraction of sp³-hybridized carbons (Fsp3) is 0.414. The molecule has 2 aromatic heterocycles. The molecule has 0 spiro atoms. The molecule has 0 bridgehead atoms. The van der Waals surface area contributed by atoms with Gasteiger partial charge in [-0.25, -0.2) is 4.98 Å². The van der Waals surface area contributed by atoms with Crippen LogP contribution in [0.4, 0.5) is 5.82 Å². The summed E-state index contributed by atoms with van der Waals surface area (Å²) >= 11 is 6.54. The third kappa shape index (κ3) is 3.59. The van der Waals surface area contributed by atoms with Crippen LogP contribution in [0.5, 0.6) is 5.75 Å². The van der Waals surface area contributed by atoms with E-state index < -0.39 is 23.0 Å². The van der Waals surface area contributed by atoms with Gasteiger partial charge < -0.3 is 15.0 Å². The number of carbonyl (C=O) groups is 3. The highest BCUT2D eigenvalue weighted by Crippen LogP contribution is 2.58. The van der Waals surface area contributed by atoms with E-state index in [1.807, 2.05) is 49.3 Å². The average molecular weight is 549 g/mol. The van der Waals surface area contributed by atoms with Crippen LogP contribution < -0.4 is 10.5 Å². The van der Waals surface area contributed by atoms with Gasteiger partial charge in [-0.2, -0.15) is 0 Å². The minimum atomic E-state index is -1.42. The van der Waals surface area contributed by atoms with Gasteiger partial charge in [-0.1, -0.05) is 47.1 Å². The molecule has 0 aliphatic heterocycles. The van der Waals surface area contributed by atoms with Crippen molar-refractivity contribution in [2.75, 3.05) is 19.8 Å². The maximum absolute atomic E-state index is 14.4. The molecule has 1 fully saturated rings. The van der Waals surface area contributed by atoms with Crippen molar-refractivity contribution in [2.24, 2.45) is 23.2 Å². The largest absolute Gasteiger partial charge is 0.484 e. The Bertz CT molecular complexity index is 1530. The van der Waals surface area contributed by atoms with Crippen molar-refractivity contribution >= 4 is 34.8 Å². The van der Waals surface area contributed by atoms with Crippen LogP contribution in [0.1, 0.15) is 62.7 Å². The predicted molar refractivity (Wildman–Crippen MR) is 143 cm³/mol. The van der Waals surface area contributed by atoms with Gasteiger partial charge in [-0.05, 0) is 52.3 Å². The van der Waals surface area contributed by atoms with E-state index in [2.05, 4.69) is 10.1 Å².